The molecule has 1 aliphatic rings. The Labute approximate surface area is 123 Å². The van der Waals surface area contributed by atoms with Crippen molar-refractivity contribution in [2.75, 3.05) is 18.5 Å². The molecule has 6 nitrogen and oxygen atoms in total. The number of nitrogens with one attached hydrogen (secondary N) is 1. The Morgan fingerprint density at radius 3 is 3.10 bits per heavy atom. The first kappa shape index (κ1) is 15.3. The third-order valence-corrected chi connectivity index (χ3v) is 3.27. The summed E-state index contributed by atoms with van der Waals surface area (Å²) in [4.78, 5) is 22.6. The second kappa shape index (κ2) is 7.08. The molecule has 3 N–H and O–H groups in total. The predicted octanol–water partition coefficient (Wildman–Crippen LogP) is 1.75. The fraction of sp³-hybridized carbons (Fsp3) is 0.467. The zero-order valence-corrected chi connectivity index (χ0v) is 12.1. The summed E-state index contributed by atoms with van der Waals surface area (Å²) in [7, 11) is 0. The number of rotatable bonds is 6. The molecular weight excluding hydrogens is 272 g/mol. The number of nitrogens with two attached hydrogens (primary N) is 1. The maximum Gasteiger partial charge on any atom is 0.305 e. The minimum absolute atomic E-state index is 0.0396. The normalized spacial score (nSPS) is 14.7. The van der Waals surface area contributed by atoms with Crippen LogP contribution in [0.4, 0.5) is 5.69 Å². The predicted molar refractivity (Wildman–Crippen MR) is 78.0 cm³/mol. The highest BCUT2D eigenvalue weighted by Crippen LogP contribution is 2.31. The van der Waals surface area contributed by atoms with E-state index >= 15 is 0 Å². The molecule has 1 amide bonds. The van der Waals surface area contributed by atoms with Crippen LogP contribution in [0.25, 0.3) is 0 Å². The number of carbonyl (C=O) groups is 2. The van der Waals surface area contributed by atoms with E-state index in [1.807, 2.05) is 12.1 Å². The summed E-state index contributed by atoms with van der Waals surface area (Å²) in [6.07, 6.45) is 1.71. The van der Waals surface area contributed by atoms with Crippen molar-refractivity contribution in [1.29, 1.82) is 0 Å². The summed E-state index contributed by atoms with van der Waals surface area (Å²) in [5.41, 5.74) is 7.67. The van der Waals surface area contributed by atoms with Crippen LogP contribution in [-0.2, 0) is 14.3 Å². The molecule has 1 heterocycles. The summed E-state index contributed by atoms with van der Waals surface area (Å²) < 4.78 is 10.2. The monoisotopic (exact) mass is 292 g/mol. The first-order chi connectivity index (χ1) is 10.1. The lowest BCUT2D eigenvalue weighted by Crippen LogP contribution is -2.25. The summed E-state index contributed by atoms with van der Waals surface area (Å²) in [6, 6.07) is 5.31. The van der Waals surface area contributed by atoms with Crippen molar-refractivity contribution in [3.63, 3.8) is 0 Å². The standard InChI is InChI=1S/C15H20N2O4/c1-2-20-15(19)5-3-4-11(16)10-6-7-13-12(8-10)17-14(18)9-21-13/h6-8,11H,2-5,9,16H2,1H3,(H,17,18). The van der Waals surface area contributed by atoms with Gasteiger partial charge in [0.1, 0.15) is 5.75 Å². The molecule has 0 aliphatic carbocycles. The molecule has 1 unspecified atom stereocenters. The average molecular weight is 292 g/mol. The lowest BCUT2D eigenvalue weighted by Gasteiger charge is -2.20. The lowest BCUT2D eigenvalue weighted by atomic mass is 10.0. The number of esters is 1. The minimum Gasteiger partial charge on any atom is -0.482 e. The molecule has 21 heavy (non-hydrogen) atoms. The van der Waals surface area contributed by atoms with Gasteiger partial charge in [0.2, 0.25) is 0 Å². The van der Waals surface area contributed by atoms with Crippen LogP contribution in [0.15, 0.2) is 18.2 Å². The van der Waals surface area contributed by atoms with Crippen LogP contribution in [0.3, 0.4) is 0 Å². The maximum atomic E-state index is 11.3. The molecule has 6 heteroatoms. The molecule has 0 fully saturated rings. The van der Waals surface area contributed by atoms with Crippen LogP contribution in [0, 0.1) is 0 Å². The van der Waals surface area contributed by atoms with Gasteiger partial charge in [0.05, 0.1) is 12.3 Å². The van der Waals surface area contributed by atoms with Crippen LogP contribution in [0.1, 0.15) is 37.8 Å². The topological polar surface area (TPSA) is 90.6 Å². The number of hydrogen-bond donors (Lipinski definition) is 2. The molecule has 1 aliphatic heterocycles. The van der Waals surface area contributed by atoms with Gasteiger partial charge in [0.25, 0.3) is 5.91 Å². The molecule has 1 atom stereocenters. The summed E-state index contributed by atoms with van der Waals surface area (Å²) in [5, 5.41) is 2.75. The van der Waals surface area contributed by atoms with E-state index in [1.54, 1.807) is 13.0 Å². The molecule has 0 spiro atoms. The van der Waals surface area contributed by atoms with E-state index in [9.17, 15) is 9.59 Å². The number of benzene rings is 1. The minimum atomic E-state index is -0.198. The van der Waals surface area contributed by atoms with Crippen molar-refractivity contribution in [2.45, 2.75) is 32.2 Å². The largest absolute Gasteiger partial charge is 0.482 e. The molecule has 2 rings (SSSR count). The zero-order chi connectivity index (χ0) is 15.2. The van der Waals surface area contributed by atoms with E-state index < -0.39 is 0 Å². The highest BCUT2D eigenvalue weighted by Gasteiger charge is 2.17. The third-order valence-electron chi connectivity index (χ3n) is 3.27. The smallest absolute Gasteiger partial charge is 0.305 e. The molecule has 114 valence electrons. The Hall–Kier alpha value is -2.08. The molecule has 0 saturated carbocycles. The average Bonchev–Trinajstić information content (AvgIpc) is 2.46. The third kappa shape index (κ3) is 4.19. The second-order valence-corrected chi connectivity index (χ2v) is 4.90. The Bertz CT molecular complexity index is 530. The fourth-order valence-corrected chi connectivity index (χ4v) is 2.20. The number of hydrogen-bond acceptors (Lipinski definition) is 5. The first-order valence-corrected chi connectivity index (χ1v) is 7.08. The van der Waals surface area contributed by atoms with Crippen LogP contribution < -0.4 is 15.8 Å². The Balaban J connectivity index is 1.90. The summed E-state index contributed by atoms with van der Waals surface area (Å²) in [6.45, 7) is 2.22. The van der Waals surface area contributed by atoms with Gasteiger partial charge in [0.15, 0.2) is 6.61 Å². The Kier molecular flexibility index (Phi) is 5.16. The van der Waals surface area contributed by atoms with Crippen LogP contribution >= 0.6 is 0 Å². The van der Waals surface area contributed by atoms with E-state index in [1.165, 1.54) is 0 Å². The molecule has 0 radical (unpaired) electrons. The van der Waals surface area contributed by atoms with E-state index in [2.05, 4.69) is 5.32 Å². The zero-order valence-electron chi connectivity index (χ0n) is 12.1. The molecule has 1 aromatic rings. The van der Waals surface area contributed by atoms with Gasteiger partial charge in [-0.15, -0.1) is 0 Å². The maximum absolute atomic E-state index is 11.3. The number of carbonyl (C=O) groups excluding carboxylic acids is 2. The van der Waals surface area contributed by atoms with Gasteiger partial charge in [-0.05, 0) is 37.5 Å². The van der Waals surface area contributed by atoms with E-state index in [0.717, 1.165) is 5.56 Å². The number of fused-ring (bicyclic) bond motifs is 1. The molecule has 0 bridgehead atoms. The van der Waals surface area contributed by atoms with Gasteiger partial charge in [-0.25, -0.2) is 0 Å². The van der Waals surface area contributed by atoms with Gasteiger partial charge < -0.3 is 20.5 Å². The van der Waals surface area contributed by atoms with Crippen molar-refractivity contribution in [1.82, 2.24) is 0 Å². The molecule has 0 aromatic heterocycles. The number of ether oxygens (including phenoxy) is 2. The Morgan fingerprint density at radius 2 is 2.33 bits per heavy atom. The highest BCUT2D eigenvalue weighted by atomic mass is 16.5. The number of amides is 1. The van der Waals surface area contributed by atoms with Crippen molar-refractivity contribution >= 4 is 17.6 Å². The van der Waals surface area contributed by atoms with E-state index in [-0.39, 0.29) is 24.5 Å². The molecular formula is C15H20N2O4. The molecule has 0 saturated heterocycles. The molecule has 1 aromatic carbocycles. The van der Waals surface area contributed by atoms with Crippen LogP contribution in [0.5, 0.6) is 5.75 Å². The van der Waals surface area contributed by atoms with Crippen molar-refractivity contribution in [3.05, 3.63) is 23.8 Å². The van der Waals surface area contributed by atoms with E-state index in [0.29, 0.717) is 37.3 Å². The Morgan fingerprint density at radius 1 is 1.52 bits per heavy atom. The number of anilines is 1. The van der Waals surface area contributed by atoms with Crippen molar-refractivity contribution in [2.24, 2.45) is 5.73 Å². The first-order valence-electron chi connectivity index (χ1n) is 7.08. The highest BCUT2D eigenvalue weighted by molar-refractivity contribution is 5.95. The quantitative estimate of drug-likeness (QED) is 0.779. The van der Waals surface area contributed by atoms with Crippen LogP contribution in [-0.4, -0.2) is 25.1 Å². The lowest BCUT2D eigenvalue weighted by molar-refractivity contribution is -0.143. The summed E-state index contributed by atoms with van der Waals surface area (Å²) >= 11 is 0. The van der Waals surface area contributed by atoms with Gasteiger partial charge in [-0.3, -0.25) is 9.59 Å². The van der Waals surface area contributed by atoms with Gasteiger partial charge >= 0.3 is 5.97 Å². The SMILES string of the molecule is CCOC(=O)CCCC(N)c1ccc2c(c1)NC(=O)CO2. The second-order valence-electron chi connectivity index (χ2n) is 4.90. The van der Waals surface area contributed by atoms with Gasteiger partial charge in [-0.2, -0.15) is 0 Å². The fourth-order valence-electron chi connectivity index (χ4n) is 2.20. The van der Waals surface area contributed by atoms with Crippen LogP contribution in [0.2, 0.25) is 0 Å². The van der Waals surface area contributed by atoms with Gasteiger partial charge in [-0.1, -0.05) is 6.07 Å². The van der Waals surface area contributed by atoms with Gasteiger partial charge in [0, 0.05) is 12.5 Å². The van der Waals surface area contributed by atoms with Crippen molar-refractivity contribution in [3.8, 4) is 5.75 Å². The summed E-state index contributed by atoms with van der Waals surface area (Å²) in [5.74, 6) is 0.281. The van der Waals surface area contributed by atoms with E-state index in [4.69, 9.17) is 15.2 Å². The van der Waals surface area contributed by atoms with Crippen molar-refractivity contribution < 1.29 is 19.1 Å².